The topological polar surface area (TPSA) is 112 Å². The number of nitrogens with two attached hydrogens (primary N) is 1. The summed E-state index contributed by atoms with van der Waals surface area (Å²) in [6, 6.07) is 3.90. The molecule has 8 nitrogen and oxygen atoms in total. The summed E-state index contributed by atoms with van der Waals surface area (Å²) in [6.45, 7) is -0.356. The minimum absolute atomic E-state index is 0. The van der Waals surface area contributed by atoms with Gasteiger partial charge in [0, 0.05) is 17.0 Å². The second kappa shape index (κ2) is 8.45. The molecule has 1 aliphatic carbocycles. The lowest BCUT2D eigenvalue weighted by atomic mass is 9.79. The second-order valence-corrected chi connectivity index (χ2v) is 8.76. The van der Waals surface area contributed by atoms with Crippen LogP contribution in [0.4, 0.5) is 14.5 Å². The number of nitrogens with zero attached hydrogens (tertiary/aromatic N) is 3. The number of carbonyl (C=O) groups excluding carboxylic acids is 1. The van der Waals surface area contributed by atoms with Crippen molar-refractivity contribution in [3.05, 3.63) is 47.7 Å². The van der Waals surface area contributed by atoms with Gasteiger partial charge in [-0.05, 0) is 31.0 Å². The van der Waals surface area contributed by atoms with Gasteiger partial charge in [-0.2, -0.15) is 0 Å². The normalized spacial score (nSPS) is 26.5. The lowest BCUT2D eigenvalue weighted by molar-refractivity contribution is 0.102. The van der Waals surface area contributed by atoms with Gasteiger partial charge in [-0.15, -0.1) is 12.4 Å². The molecule has 1 aromatic heterocycles. The van der Waals surface area contributed by atoms with E-state index >= 15 is 4.39 Å². The number of nitrogens with one attached hydrogen (secondary N) is 1. The molecule has 0 radical (unpaired) electrons. The van der Waals surface area contributed by atoms with Crippen molar-refractivity contribution in [3.63, 3.8) is 0 Å². The summed E-state index contributed by atoms with van der Waals surface area (Å²) in [5.74, 6) is -0.843. The van der Waals surface area contributed by atoms with Crippen molar-refractivity contribution < 1.29 is 23.0 Å². The number of anilines is 1. The average molecular weight is 484 g/mol. The monoisotopic (exact) mass is 483 g/mol. The van der Waals surface area contributed by atoms with Crippen molar-refractivity contribution in [1.82, 2.24) is 9.97 Å². The molecule has 2 atom stereocenters. The van der Waals surface area contributed by atoms with Crippen LogP contribution < -0.4 is 15.8 Å². The van der Waals surface area contributed by atoms with Crippen molar-refractivity contribution >= 4 is 40.9 Å². The van der Waals surface area contributed by atoms with Crippen LogP contribution in [0.25, 0.3) is 0 Å². The fraction of sp³-hybridized carbons (Fsp3) is 0.400. The van der Waals surface area contributed by atoms with Crippen LogP contribution in [-0.2, 0) is 10.3 Å². The maximum atomic E-state index is 15.7. The number of amidine groups is 1. The summed E-state index contributed by atoms with van der Waals surface area (Å²) in [5, 5.41) is 2.80. The lowest BCUT2D eigenvalue weighted by Crippen LogP contribution is -2.52. The van der Waals surface area contributed by atoms with Gasteiger partial charge in [0.15, 0.2) is 16.4 Å². The van der Waals surface area contributed by atoms with E-state index in [1.807, 2.05) is 0 Å². The first-order valence-corrected chi connectivity index (χ1v) is 10.7. The molecule has 5 rings (SSSR count). The van der Waals surface area contributed by atoms with Crippen LogP contribution >= 0.6 is 24.2 Å². The van der Waals surface area contributed by atoms with Crippen LogP contribution in [0.3, 0.4) is 0 Å². The van der Waals surface area contributed by atoms with Crippen LogP contribution in [0.1, 0.15) is 28.9 Å². The van der Waals surface area contributed by atoms with Crippen molar-refractivity contribution in [2.45, 2.75) is 30.2 Å². The largest absolute Gasteiger partial charge is 0.473 e. The Morgan fingerprint density at radius 1 is 1.28 bits per heavy atom. The van der Waals surface area contributed by atoms with E-state index in [1.54, 1.807) is 0 Å². The summed E-state index contributed by atoms with van der Waals surface area (Å²) in [7, 11) is 0. The van der Waals surface area contributed by atoms with Crippen LogP contribution in [0.2, 0.25) is 0 Å². The molecule has 2 aliphatic heterocycles. The molecule has 1 amide bonds. The van der Waals surface area contributed by atoms with Gasteiger partial charge in [-0.25, -0.2) is 23.7 Å². The third-order valence-electron chi connectivity index (χ3n) is 5.48. The van der Waals surface area contributed by atoms with Crippen LogP contribution in [0, 0.1) is 5.82 Å². The van der Waals surface area contributed by atoms with Gasteiger partial charge in [0.2, 0.25) is 5.88 Å². The van der Waals surface area contributed by atoms with Gasteiger partial charge in [-0.3, -0.25) is 4.79 Å². The molecule has 3 heterocycles. The van der Waals surface area contributed by atoms with Gasteiger partial charge >= 0.3 is 0 Å². The quantitative estimate of drug-likeness (QED) is 0.672. The van der Waals surface area contributed by atoms with E-state index in [0.29, 0.717) is 5.88 Å². The van der Waals surface area contributed by atoms with E-state index in [9.17, 15) is 9.18 Å². The summed E-state index contributed by atoms with van der Waals surface area (Å²) in [4.78, 5) is 25.0. The number of amides is 1. The average Bonchev–Trinajstić information content (AvgIpc) is 3.50. The predicted molar refractivity (Wildman–Crippen MR) is 118 cm³/mol. The highest BCUT2D eigenvalue weighted by Crippen LogP contribution is 2.50. The van der Waals surface area contributed by atoms with Crippen LogP contribution in [0.5, 0.6) is 5.88 Å². The first-order valence-electron chi connectivity index (χ1n) is 9.73. The maximum Gasteiger partial charge on any atom is 0.275 e. The van der Waals surface area contributed by atoms with Gasteiger partial charge in [-0.1, -0.05) is 11.8 Å². The van der Waals surface area contributed by atoms with Gasteiger partial charge in [0.05, 0.1) is 25.6 Å². The van der Waals surface area contributed by atoms with E-state index in [1.165, 1.54) is 24.5 Å². The van der Waals surface area contributed by atoms with Crippen molar-refractivity contribution in [1.29, 1.82) is 0 Å². The predicted octanol–water partition coefficient (Wildman–Crippen LogP) is 2.83. The number of benzene rings is 1. The Kier molecular flexibility index (Phi) is 5.99. The molecule has 1 saturated heterocycles. The highest BCUT2D eigenvalue weighted by molar-refractivity contribution is 8.13. The van der Waals surface area contributed by atoms with E-state index in [-0.39, 0.29) is 59.6 Å². The molecule has 32 heavy (non-hydrogen) atoms. The van der Waals surface area contributed by atoms with Gasteiger partial charge in [0.1, 0.15) is 17.6 Å². The molecule has 0 unspecified atom stereocenters. The molecule has 2 fully saturated rings. The number of fused-ring (bicyclic) bond motifs is 1. The zero-order valence-electron chi connectivity index (χ0n) is 16.7. The minimum atomic E-state index is -1.91. The van der Waals surface area contributed by atoms with Gasteiger partial charge in [0.25, 0.3) is 5.91 Å². The summed E-state index contributed by atoms with van der Waals surface area (Å²) < 4.78 is 41.3. The maximum absolute atomic E-state index is 15.7. The Morgan fingerprint density at radius 3 is 2.81 bits per heavy atom. The molecule has 170 valence electrons. The third-order valence-corrected chi connectivity index (χ3v) is 6.46. The second-order valence-electron chi connectivity index (χ2n) is 7.76. The van der Waals surface area contributed by atoms with Gasteiger partial charge < -0.3 is 20.5 Å². The molecule has 0 spiro atoms. The number of hydrogen-bond donors (Lipinski definition) is 2. The Hall–Kier alpha value is -2.50. The van der Waals surface area contributed by atoms with E-state index in [2.05, 4.69) is 20.3 Å². The van der Waals surface area contributed by atoms with E-state index in [4.69, 9.17) is 15.2 Å². The lowest BCUT2D eigenvalue weighted by Gasteiger charge is -2.38. The third kappa shape index (κ3) is 4.00. The SMILES string of the molecule is Cl.NC1=N[C@@]2(c3cc(NC(=O)c4cnc(OC5CC5)cn4)ccc3F)COC[C@@]2(F)CS1. The van der Waals surface area contributed by atoms with Crippen molar-refractivity contribution in [3.8, 4) is 5.88 Å². The van der Waals surface area contributed by atoms with E-state index < -0.39 is 22.9 Å². The van der Waals surface area contributed by atoms with Crippen molar-refractivity contribution in [2.24, 2.45) is 10.7 Å². The number of hydrogen-bond acceptors (Lipinski definition) is 8. The highest BCUT2D eigenvalue weighted by atomic mass is 35.5. The first-order chi connectivity index (χ1) is 14.9. The van der Waals surface area contributed by atoms with Crippen molar-refractivity contribution in [2.75, 3.05) is 24.3 Å². The fourth-order valence-corrected chi connectivity index (χ4v) is 4.58. The Labute approximate surface area is 192 Å². The molecular weight excluding hydrogens is 464 g/mol. The number of aliphatic imine (C=N–C) groups is 1. The Morgan fingerprint density at radius 2 is 2.09 bits per heavy atom. The Bertz CT molecular complexity index is 1070. The minimum Gasteiger partial charge on any atom is -0.473 e. The molecule has 2 aromatic rings. The molecule has 3 N–H and O–H groups in total. The summed E-state index contributed by atoms with van der Waals surface area (Å²) in [6.07, 6.45) is 4.82. The highest BCUT2D eigenvalue weighted by Gasteiger charge is 2.61. The molecule has 1 saturated carbocycles. The number of halogens is 3. The number of ether oxygens (including phenoxy) is 2. The Balaban J connectivity index is 0.00000245. The number of rotatable bonds is 5. The fourth-order valence-electron chi connectivity index (χ4n) is 3.66. The summed E-state index contributed by atoms with van der Waals surface area (Å²) >= 11 is 1.07. The molecule has 0 bridgehead atoms. The number of thioether (sulfide) groups is 1. The number of aromatic nitrogens is 2. The zero-order valence-corrected chi connectivity index (χ0v) is 18.3. The standard InChI is InChI=1S/C20H19F2N5O3S.ClH/c21-14-4-1-11(26-17(28)15-6-25-16(7-24-15)30-12-2-3-12)5-13(14)20-9-29-8-19(20,22)10-31-18(23)27-20;/h1,4-7,12H,2-3,8-10H2,(H2,23,27)(H,26,28);1H/t19-,20-;/m1./s1. The van der Waals surface area contributed by atoms with Crippen LogP contribution in [0.15, 0.2) is 35.6 Å². The zero-order chi connectivity index (χ0) is 21.6. The smallest absolute Gasteiger partial charge is 0.275 e. The van der Waals surface area contributed by atoms with Crippen LogP contribution in [-0.4, -0.2) is 51.8 Å². The number of carbonyl (C=O) groups is 1. The molecular formula is C20H20ClF2N5O3S. The number of alkyl halides is 1. The first kappa shape index (κ1) is 22.7. The van der Waals surface area contributed by atoms with E-state index in [0.717, 1.165) is 30.7 Å². The summed E-state index contributed by atoms with van der Waals surface area (Å²) in [5.41, 5.74) is 2.63. The molecule has 12 heteroatoms. The molecule has 3 aliphatic rings. The molecule has 1 aromatic carbocycles.